The second kappa shape index (κ2) is 6.88. The monoisotopic (exact) mass is 278 g/mol. The molecule has 1 aromatic heterocycles. The van der Waals surface area contributed by atoms with Crippen molar-refractivity contribution in [2.24, 2.45) is 13.0 Å². The van der Waals surface area contributed by atoms with E-state index in [2.05, 4.69) is 29.2 Å². The van der Waals surface area contributed by atoms with Crippen molar-refractivity contribution in [1.29, 1.82) is 0 Å². The van der Waals surface area contributed by atoms with Gasteiger partial charge in [0.25, 0.3) is 5.91 Å². The van der Waals surface area contributed by atoms with Gasteiger partial charge in [0.15, 0.2) is 0 Å². The van der Waals surface area contributed by atoms with Crippen LogP contribution in [0.3, 0.4) is 0 Å². The summed E-state index contributed by atoms with van der Waals surface area (Å²) in [6.45, 7) is 8.31. The number of hydrogen-bond acceptors (Lipinski definition) is 3. The normalized spacial score (nSPS) is 16.0. The van der Waals surface area contributed by atoms with Gasteiger partial charge in [-0.05, 0) is 44.3 Å². The molecule has 0 aliphatic carbocycles. The first-order valence-electron chi connectivity index (χ1n) is 7.59. The van der Waals surface area contributed by atoms with Crippen molar-refractivity contribution in [3.05, 3.63) is 17.5 Å². The molecule has 0 radical (unpaired) electrons. The average Bonchev–Trinajstić information content (AvgIpc) is 2.98. The van der Waals surface area contributed by atoms with Crippen molar-refractivity contribution >= 4 is 5.91 Å². The van der Waals surface area contributed by atoms with E-state index < -0.39 is 0 Å². The number of nitrogens with one attached hydrogen (secondary N) is 1. The Hall–Kier alpha value is -1.36. The van der Waals surface area contributed by atoms with Gasteiger partial charge in [0.2, 0.25) is 0 Å². The molecular formula is C15H26N4O. The fourth-order valence-electron chi connectivity index (χ4n) is 2.68. The van der Waals surface area contributed by atoms with Crippen LogP contribution in [0.5, 0.6) is 0 Å². The SMILES string of the molecule is CC(C)Cc1cc(C(=O)NCCN2CCCC2)n(C)n1. The summed E-state index contributed by atoms with van der Waals surface area (Å²) in [6, 6.07) is 1.91. The maximum Gasteiger partial charge on any atom is 0.269 e. The minimum absolute atomic E-state index is 0.0193. The van der Waals surface area contributed by atoms with Gasteiger partial charge in [-0.25, -0.2) is 0 Å². The zero-order chi connectivity index (χ0) is 14.5. The van der Waals surface area contributed by atoms with Gasteiger partial charge in [-0.15, -0.1) is 0 Å². The van der Waals surface area contributed by atoms with Crippen LogP contribution in [0, 0.1) is 5.92 Å². The van der Waals surface area contributed by atoms with Crippen LogP contribution in [0.25, 0.3) is 0 Å². The predicted octanol–water partition coefficient (Wildman–Crippen LogP) is 1.44. The average molecular weight is 278 g/mol. The maximum atomic E-state index is 12.1. The van der Waals surface area contributed by atoms with Crippen LogP contribution >= 0.6 is 0 Å². The highest BCUT2D eigenvalue weighted by atomic mass is 16.2. The topological polar surface area (TPSA) is 50.2 Å². The summed E-state index contributed by atoms with van der Waals surface area (Å²) in [5, 5.41) is 7.39. The Kier molecular flexibility index (Phi) is 5.17. The Morgan fingerprint density at radius 3 is 2.75 bits per heavy atom. The van der Waals surface area contributed by atoms with Gasteiger partial charge in [0.1, 0.15) is 5.69 Å². The van der Waals surface area contributed by atoms with Crippen LogP contribution in [-0.2, 0) is 13.5 Å². The van der Waals surface area contributed by atoms with E-state index in [1.807, 2.05) is 13.1 Å². The fourth-order valence-corrected chi connectivity index (χ4v) is 2.68. The summed E-state index contributed by atoms with van der Waals surface area (Å²) < 4.78 is 1.68. The van der Waals surface area contributed by atoms with Gasteiger partial charge in [-0.3, -0.25) is 9.48 Å². The predicted molar refractivity (Wildman–Crippen MR) is 79.8 cm³/mol. The van der Waals surface area contributed by atoms with Gasteiger partial charge in [0, 0.05) is 20.1 Å². The number of likely N-dealkylation sites (tertiary alicyclic amines) is 1. The third kappa shape index (κ3) is 4.07. The Bertz CT molecular complexity index is 447. The third-order valence-electron chi connectivity index (χ3n) is 3.69. The molecule has 1 N–H and O–H groups in total. The molecule has 0 spiro atoms. The zero-order valence-electron chi connectivity index (χ0n) is 12.9. The number of carbonyl (C=O) groups excluding carboxylic acids is 1. The fraction of sp³-hybridized carbons (Fsp3) is 0.733. The lowest BCUT2D eigenvalue weighted by Crippen LogP contribution is -2.34. The summed E-state index contributed by atoms with van der Waals surface area (Å²) in [4.78, 5) is 14.5. The number of nitrogens with zero attached hydrogens (tertiary/aromatic N) is 3. The molecule has 0 bridgehead atoms. The van der Waals surface area contributed by atoms with E-state index in [0.717, 1.165) is 18.7 Å². The van der Waals surface area contributed by atoms with Crippen LogP contribution in [0.4, 0.5) is 0 Å². The molecule has 1 fully saturated rings. The Morgan fingerprint density at radius 2 is 2.10 bits per heavy atom. The van der Waals surface area contributed by atoms with Crippen molar-refractivity contribution in [3.63, 3.8) is 0 Å². The molecular weight excluding hydrogens is 252 g/mol. The minimum atomic E-state index is -0.0193. The van der Waals surface area contributed by atoms with E-state index in [4.69, 9.17) is 0 Å². The Balaban J connectivity index is 1.83. The molecule has 0 unspecified atom stereocenters. The van der Waals surface area contributed by atoms with E-state index >= 15 is 0 Å². The lowest BCUT2D eigenvalue weighted by Gasteiger charge is -2.14. The molecule has 1 aliphatic rings. The standard InChI is InChI=1S/C15H26N4O/c1-12(2)10-13-11-14(18(3)17-13)15(20)16-6-9-19-7-4-5-8-19/h11-12H,4-10H2,1-3H3,(H,16,20). The first-order chi connectivity index (χ1) is 9.56. The maximum absolute atomic E-state index is 12.1. The number of aryl methyl sites for hydroxylation is 1. The van der Waals surface area contributed by atoms with E-state index in [1.165, 1.54) is 25.9 Å². The third-order valence-corrected chi connectivity index (χ3v) is 3.69. The number of amides is 1. The number of rotatable bonds is 6. The molecule has 1 aliphatic heterocycles. The minimum Gasteiger partial charge on any atom is -0.349 e. The van der Waals surface area contributed by atoms with Gasteiger partial charge in [-0.2, -0.15) is 5.10 Å². The molecule has 112 valence electrons. The highest BCUT2D eigenvalue weighted by Gasteiger charge is 2.15. The van der Waals surface area contributed by atoms with E-state index in [1.54, 1.807) is 4.68 Å². The van der Waals surface area contributed by atoms with Gasteiger partial charge in [0.05, 0.1) is 5.69 Å². The summed E-state index contributed by atoms with van der Waals surface area (Å²) in [7, 11) is 1.83. The van der Waals surface area contributed by atoms with E-state index in [9.17, 15) is 4.79 Å². The quantitative estimate of drug-likeness (QED) is 0.857. The number of aromatic nitrogens is 2. The highest BCUT2D eigenvalue weighted by Crippen LogP contribution is 2.09. The van der Waals surface area contributed by atoms with Crippen molar-refractivity contribution in [1.82, 2.24) is 20.0 Å². The van der Waals surface area contributed by atoms with E-state index in [-0.39, 0.29) is 5.91 Å². The first kappa shape index (κ1) is 15.0. The van der Waals surface area contributed by atoms with Crippen molar-refractivity contribution < 1.29 is 4.79 Å². The summed E-state index contributed by atoms with van der Waals surface area (Å²) in [6.07, 6.45) is 3.48. The van der Waals surface area contributed by atoms with Crippen LogP contribution in [0.2, 0.25) is 0 Å². The lowest BCUT2D eigenvalue weighted by atomic mass is 10.1. The van der Waals surface area contributed by atoms with Crippen LogP contribution in [0.1, 0.15) is 42.9 Å². The Morgan fingerprint density at radius 1 is 1.40 bits per heavy atom. The van der Waals surface area contributed by atoms with Crippen molar-refractivity contribution in [3.8, 4) is 0 Å². The molecule has 20 heavy (non-hydrogen) atoms. The molecule has 0 aromatic carbocycles. The molecule has 0 saturated carbocycles. The molecule has 1 saturated heterocycles. The largest absolute Gasteiger partial charge is 0.349 e. The smallest absolute Gasteiger partial charge is 0.269 e. The Labute approximate surface area is 121 Å². The van der Waals surface area contributed by atoms with Crippen molar-refractivity contribution in [2.75, 3.05) is 26.2 Å². The van der Waals surface area contributed by atoms with Gasteiger partial charge < -0.3 is 10.2 Å². The highest BCUT2D eigenvalue weighted by molar-refractivity contribution is 5.92. The molecule has 0 atom stereocenters. The molecule has 5 nitrogen and oxygen atoms in total. The van der Waals surface area contributed by atoms with Gasteiger partial charge >= 0.3 is 0 Å². The summed E-state index contributed by atoms with van der Waals surface area (Å²) >= 11 is 0. The molecule has 1 amide bonds. The van der Waals surface area contributed by atoms with E-state index in [0.29, 0.717) is 18.2 Å². The molecule has 2 rings (SSSR count). The summed E-state index contributed by atoms with van der Waals surface area (Å²) in [5.41, 5.74) is 1.65. The second-order valence-corrected chi connectivity index (χ2v) is 6.05. The van der Waals surface area contributed by atoms with Crippen LogP contribution in [0.15, 0.2) is 6.07 Å². The van der Waals surface area contributed by atoms with Gasteiger partial charge in [-0.1, -0.05) is 13.8 Å². The number of carbonyl (C=O) groups is 1. The van der Waals surface area contributed by atoms with Crippen molar-refractivity contribution in [2.45, 2.75) is 33.1 Å². The second-order valence-electron chi connectivity index (χ2n) is 6.05. The molecule has 5 heteroatoms. The molecule has 2 heterocycles. The van der Waals surface area contributed by atoms with Crippen LogP contribution in [-0.4, -0.2) is 46.8 Å². The lowest BCUT2D eigenvalue weighted by molar-refractivity contribution is 0.0940. The summed E-state index contributed by atoms with van der Waals surface area (Å²) in [5.74, 6) is 0.533. The first-order valence-corrected chi connectivity index (χ1v) is 7.59. The number of hydrogen-bond donors (Lipinski definition) is 1. The zero-order valence-corrected chi connectivity index (χ0v) is 12.9. The molecule has 1 aromatic rings. The van der Waals surface area contributed by atoms with Crippen LogP contribution < -0.4 is 5.32 Å².